The SMILES string of the molecule is NC1CCN(S(=O)(=O)N2CCCC2)C1. The number of hydrogen-bond donors (Lipinski definition) is 1. The van der Waals surface area contributed by atoms with Crippen LogP contribution in [0.15, 0.2) is 0 Å². The molecule has 0 aliphatic carbocycles. The molecule has 2 rings (SSSR count). The average molecular weight is 219 g/mol. The van der Waals surface area contributed by atoms with Gasteiger partial charge in [0, 0.05) is 32.2 Å². The molecule has 0 bridgehead atoms. The summed E-state index contributed by atoms with van der Waals surface area (Å²) in [4.78, 5) is 0. The zero-order valence-corrected chi connectivity index (χ0v) is 9.04. The van der Waals surface area contributed by atoms with Gasteiger partial charge in [-0.1, -0.05) is 0 Å². The molecule has 0 aromatic heterocycles. The van der Waals surface area contributed by atoms with Gasteiger partial charge in [-0.15, -0.1) is 0 Å². The lowest BCUT2D eigenvalue weighted by Gasteiger charge is -2.22. The van der Waals surface area contributed by atoms with E-state index >= 15 is 0 Å². The molecule has 2 heterocycles. The number of hydrogen-bond acceptors (Lipinski definition) is 3. The van der Waals surface area contributed by atoms with Crippen molar-refractivity contribution >= 4 is 10.2 Å². The lowest BCUT2D eigenvalue weighted by Crippen LogP contribution is -2.42. The van der Waals surface area contributed by atoms with Gasteiger partial charge in [-0.25, -0.2) is 0 Å². The molecule has 0 aromatic carbocycles. The Morgan fingerprint density at radius 3 is 2.21 bits per heavy atom. The third kappa shape index (κ3) is 1.79. The van der Waals surface area contributed by atoms with Gasteiger partial charge in [0.15, 0.2) is 0 Å². The van der Waals surface area contributed by atoms with E-state index < -0.39 is 10.2 Å². The van der Waals surface area contributed by atoms with Crippen LogP contribution in [0.4, 0.5) is 0 Å². The van der Waals surface area contributed by atoms with Gasteiger partial charge in [0.1, 0.15) is 0 Å². The van der Waals surface area contributed by atoms with Crippen LogP contribution in [0.5, 0.6) is 0 Å². The van der Waals surface area contributed by atoms with Crippen molar-refractivity contribution in [2.45, 2.75) is 25.3 Å². The Hall–Kier alpha value is -0.170. The summed E-state index contributed by atoms with van der Waals surface area (Å²) in [5, 5.41) is 0. The summed E-state index contributed by atoms with van der Waals surface area (Å²) < 4.78 is 27.0. The molecular formula is C8H17N3O2S. The van der Waals surface area contributed by atoms with Gasteiger partial charge in [0.2, 0.25) is 0 Å². The molecule has 2 aliphatic heterocycles. The van der Waals surface area contributed by atoms with Crippen LogP contribution < -0.4 is 5.73 Å². The van der Waals surface area contributed by atoms with Gasteiger partial charge < -0.3 is 5.73 Å². The van der Waals surface area contributed by atoms with E-state index in [0.29, 0.717) is 26.2 Å². The summed E-state index contributed by atoms with van der Waals surface area (Å²) in [6.45, 7) is 2.42. The van der Waals surface area contributed by atoms with E-state index in [9.17, 15) is 8.42 Å². The van der Waals surface area contributed by atoms with Crippen molar-refractivity contribution in [1.82, 2.24) is 8.61 Å². The monoisotopic (exact) mass is 219 g/mol. The Balaban J connectivity index is 2.07. The predicted octanol–water partition coefficient (Wildman–Crippen LogP) is -0.640. The fourth-order valence-electron chi connectivity index (χ4n) is 2.05. The maximum absolute atomic E-state index is 12.0. The second kappa shape index (κ2) is 3.77. The number of rotatable bonds is 2. The second-order valence-electron chi connectivity index (χ2n) is 4.02. The highest BCUT2D eigenvalue weighted by Gasteiger charge is 2.35. The van der Waals surface area contributed by atoms with Crippen molar-refractivity contribution < 1.29 is 8.42 Å². The maximum Gasteiger partial charge on any atom is 0.282 e. The molecular weight excluding hydrogens is 202 g/mol. The molecule has 5 nitrogen and oxygen atoms in total. The van der Waals surface area contributed by atoms with Gasteiger partial charge in [-0.05, 0) is 19.3 Å². The predicted molar refractivity (Wildman–Crippen MR) is 53.9 cm³/mol. The molecule has 82 valence electrons. The van der Waals surface area contributed by atoms with E-state index in [4.69, 9.17) is 5.73 Å². The summed E-state index contributed by atoms with van der Waals surface area (Å²) in [5.41, 5.74) is 5.70. The lowest BCUT2D eigenvalue weighted by atomic mass is 10.3. The van der Waals surface area contributed by atoms with E-state index in [0.717, 1.165) is 19.3 Å². The second-order valence-corrected chi connectivity index (χ2v) is 5.95. The quantitative estimate of drug-likeness (QED) is 0.672. The standard InChI is InChI=1S/C8H17N3O2S/c9-8-3-6-11(7-8)14(12,13)10-4-1-2-5-10/h8H,1-7,9H2. The smallest absolute Gasteiger partial charge is 0.282 e. The summed E-state index contributed by atoms with van der Waals surface area (Å²) >= 11 is 0. The molecule has 2 saturated heterocycles. The molecule has 2 aliphatic rings. The number of nitrogens with two attached hydrogens (primary N) is 1. The van der Waals surface area contributed by atoms with E-state index in [1.807, 2.05) is 0 Å². The van der Waals surface area contributed by atoms with Crippen LogP contribution in [0.2, 0.25) is 0 Å². The van der Waals surface area contributed by atoms with Crippen molar-refractivity contribution in [2.75, 3.05) is 26.2 Å². The van der Waals surface area contributed by atoms with Crippen molar-refractivity contribution in [1.29, 1.82) is 0 Å². The van der Waals surface area contributed by atoms with E-state index in [-0.39, 0.29) is 6.04 Å². The first kappa shape index (κ1) is 10.4. The van der Waals surface area contributed by atoms with Crippen molar-refractivity contribution in [3.05, 3.63) is 0 Å². The maximum atomic E-state index is 12.0. The number of nitrogens with zero attached hydrogens (tertiary/aromatic N) is 2. The largest absolute Gasteiger partial charge is 0.326 e. The Labute approximate surface area is 85.0 Å². The normalized spacial score (nSPS) is 31.4. The molecule has 0 radical (unpaired) electrons. The Kier molecular flexibility index (Phi) is 2.79. The highest BCUT2D eigenvalue weighted by atomic mass is 32.2. The van der Waals surface area contributed by atoms with E-state index in [1.165, 1.54) is 4.31 Å². The summed E-state index contributed by atoms with van der Waals surface area (Å²) in [6.07, 6.45) is 2.76. The van der Waals surface area contributed by atoms with E-state index in [1.54, 1.807) is 4.31 Å². The Morgan fingerprint density at radius 2 is 1.71 bits per heavy atom. The topological polar surface area (TPSA) is 66.6 Å². The third-order valence-electron chi connectivity index (χ3n) is 2.91. The minimum absolute atomic E-state index is 0.0207. The molecule has 0 aromatic rings. The van der Waals surface area contributed by atoms with Crippen LogP contribution in [0, 0.1) is 0 Å². The molecule has 2 fully saturated rings. The van der Waals surface area contributed by atoms with Gasteiger partial charge in [-0.3, -0.25) is 0 Å². The fraction of sp³-hybridized carbons (Fsp3) is 1.00. The first-order valence-electron chi connectivity index (χ1n) is 5.11. The minimum Gasteiger partial charge on any atom is -0.326 e. The Morgan fingerprint density at radius 1 is 1.07 bits per heavy atom. The highest BCUT2D eigenvalue weighted by Crippen LogP contribution is 2.20. The van der Waals surface area contributed by atoms with Crippen molar-refractivity contribution in [2.24, 2.45) is 5.73 Å². The first-order chi connectivity index (χ1) is 6.60. The molecule has 2 N–H and O–H groups in total. The first-order valence-corrected chi connectivity index (χ1v) is 6.51. The van der Waals surface area contributed by atoms with Crippen LogP contribution in [-0.4, -0.2) is 49.2 Å². The summed E-state index contributed by atoms with van der Waals surface area (Å²) in [7, 11) is -3.18. The molecule has 0 amide bonds. The minimum atomic E-state index is -3.18. The van der Waals surface area contributed by atoms with Gasteiger partial charge in [0.05, 0.1) is 0 Å². The summed E-state index contributed by atoms with van der Waals surface area (Å²) in [5.74, 6) is 0. The fourth-order valence-corrected chi connectivity index (χ4v) is 3.81. The van der Waals surface area contributed by atoms with Crippen LogP contribution >= 0.6 is 0 Å². The lowest BCUT2D eigenvalue weighted by molar-refractivity contribution is 0.395. The zero-order chi connectivity index (χ0) is 10.2. The molecule has 14 heavy (non-hydrogen) atoms. The molecule has 1 unspecified atom stereocenters. The van der Waals surface area contributed by atoms with Gasteiger partial charge in [-0.2, -0.15) is 17.0 Å². The summed E-state index contributed by atoms with van der Waals surface area (Å²) in [6, 6.07) is 0.0207. The highest BCUT2D eigenvalue weighted by molar-refractivity contribution is 7.86. The zero-order valence-electron chi connectivity index (χ0n) is 8.22. The molecule has 6 heteroatoms. The molecule has 1 atom stereocenters. The van der Waals surface area contributed by atoms with Gasteiger partial charge in [0.25, 0.3) is 10.2 Å². The van der Waals surface area contributed by atoms with Crippen LogP contribution in [0.3, 0.4) is 0 Å². The van der Waals surface area contributed by atoms with Gasteiger partial charge >= 0.3 is 0 Å². The van der Waals surface area contributed by atoms with Crippen LogP contribution in [0.1, 0.15) is 19.3 Å². The Bertz CT molecular complexity index is 298. The third-order valence-corrected chi connectivity index (χ3v) is 4.91. The molecule has 0 saturated carbocycles. The van der Waals surface area contributed by atoms with Crippen molar-refractivity contribution in [3.63, 3.8) is 0 Å². The van der Waals surface area contributed by atoms with Crippen LogP contribution in [0.25, 0.3) is 0 Å². The average Bonchev–Trinajstić information content (AvgIpc) is 2.72. The molecule has 0 spiro atoms. The van der Waals surface area contributed by atoms with Crippen molar-refractivity contribution in [3.8, 4) is 0 Å². The van der Waals surface area contributed by atoms with E-state index in [2.05, 4.69) is 0 Å². The van der Waals surface area contributed by atoms with Crippen LogP contribution in [-0.2, 0) is 10.2 Å².